The summed E-state index contributed by atoms with van der Waals surface area (Å²) in [6.07, 6.45) is 5.76. The Morgan fingerprint density at radius 2 is 2.00 bits per heavy atom. The fourth-order valence-electron chi connectivity index (χ4n) is 4.09. The quantitative estimate of drug-likeness (QED) is 0.626. The van der Waals surface area contributed by atoms with Gasteiger partial charge in [0, 0.05) is 41.4 Å². The molecule has 2 N–H and O–H groups in total. The van der Waals surface area contributed by atoms with Gasteiger partial charge >= 0.3 is 0 Å². The second-order valence-electron chi connectivity index (χ2n) is 8.80. The molecule has 31 heavy (non-hydrogen) atoms. The zero-order valence-corrected chi connectivity index (χ0v) is 18.5. The molecule has 0 aromatic carbocycles. The lowest BCUT2D eigenvalue weighted by Gasteiger charge is -2.21. The highest BCUT2D eigenvalue weighted by atomic mass is 16.5. The first kappa shape index (κ1) is 21.2. The van der Waals surface area contributed by atoms with Crippen LogP contribution in [-0.4, -0.2) is 43.9 Å². The third-order valence-electron chi connectivity index (χ3n) is 5.71. The highest BCUT2D eigenvalue weighted by Crippen LogP contribution is 2.32. The molecule has 0 radical (unpaired) electrons. The summed E-state index contributed by atoms with van der Waals surface area (Å²) < 4.78 is 6.99. The number of nitrogens with one attached hydrogen (secondary N) is 1. The SMILES string of the molecule is COc1ccc(-c2cc3c(C)nc(NCC(C)(C)O)nc3n(C3CCCC3)c2=O)cn1. The normalized spacial score (nSPS) is 14.9. The molecule has 3 aromatic rings. The molecule has 0 saturated heterocycles. The monoisotopic (exact) mass is 423 g/mol. The van der Waals surface area contributed by atoms with Crippen molar-refractivity contribution >= 4 is 17.0 Å². The molecule has 8 nitrogen and oxygen atoms in total. The van der Waals surface area contributed by atoms with Gasteiger partial charge in [-0.1, -0.05) is 12.8 Å². The van der Waals surface area contributed by atoms with Crippen molar-refractivity contribution < 1.29 is 9.84 Å². The van der Waals surface area contributed by atoms with Gasteiger partial charge in [0.25, 0.3) is 5.56 Å². The molecule has 0 bridgehead atoms. The van der Waals surface area contributed by atoms with Crippen LogP contribution in [0.4, 0.5) is 5.95 Å². The lowest BCUT2D eigenvalue weighted by molar-refractivity contribution is 0.0943. The maximum atomic E-state index is 13.6. The summed E-state index contributed by atoms with van der Waals surface area (Å²) in [6, 6.07) is 5.58. The molecule has 3 aromatic heterocycles. The summed E-state index contributed by atoms with van der Waals surface area (Å²) in [5.41, 5.74) is 1.76. The molecule has 164 valence electrons. The molecule has 8 heteroatoms. The van der Waals surface area contributed by atoms with Gasteiger partial charge in [0.15, 0.2) is 0 Å². The molecule has 1 saturated carbocycles. The molecule has 0 spiro atoms. The zero-order valence-electron chi connectivity index (χ0n) is 18.5. The van der Waals surface area contributed by atoms with Crippen LogP contribution in [0.1, 0.15) is 51.3 Å². The molecular formula is C23H29N5O3. The second kappa shape index (κ2) is 8.26. The smallest absolute Gasteiger partial charge is 0.260 e. The Labute approximate surface area is 181 Å². The van der Waals surface area contributed by atoms with Gasteiger partial charge in [0.2, 0.25) is 11.8 Å². The van der Waals surface area contributed by atoms with Crippen molar-refractivity contribution in [3.8, 4) is 17.0 Å². The predicted molar refractivity (Wildman–Crippen MR) is 121 cm³/mol. The van der Waals surface area contributed by atoms with E-state index in [1.807, 2.05) is 23.6 Å². The highest BCUT2D eigenvalue weighted by Gasteiger charge is 2.24. The number of pyridine rings is 2. The first-order chi connectivity index (χ1) is 14.8. The average molecular weight is 424 g/mol. The summed E-state index contributed by atoms with van der Waals surface area (Å²) in [5, 5.41) is 14.0. The maximum Gasteiger partial charge on any atom is 0.260 e. The Morgan fingerprint density at radius 1 is 1.26 bits per heavy atom. The van der Waals surface area contributed by atoms with Crippen LogP contribution in [0, 0.1) is 6.92 Å². The van der Waals surface area contributed by atoms with Gasteiger partial charge < -0.3 is 15.2 Å². The molecule has 4 rings (SSSR count). The Balaban J connectivity index is 1.90. The number of ether oxygens (including phenoxy) is 1. The topological polar surface area (TPSA) is 102 Å². The van der Waals surface area contributed by atoms with Crippen LogP contribution in [-0.2, 0) is 0 Å². The zero-order chi connectivity index (χ0) is 22.2. The molecule has 0 amide bonds. The molecule has 0 atom stereocenters. The van der Waals surface area contributed by atoms with Crippen molar-refractivity contribution in [1.82, 2.24) is 19.5 Å². The van der Waals surface area contributed by atoms with Gasteiger partial charge in [-0.3, -0.25) is 9.36 Å². The molecule has 0 aliphatic heterocycles. The van der Waals surface area contributed by atoms with Crippen molar-refractivity contribution in [3.63, 3.8) is 0 Å². The van der Waals surface area contributed by atoms with Crippen LogP contribution in [0.25, 0.3) is 22.2 Å². The van der Waals surface area contributed by atoms with Crippen LogP contribution in [0.5, 0.6) is 5.88 Å². The number of aliphatic hydroxyl groups is 1. The van der Waals surface area contributed by atoms with Crippen LogP contribution < -0.4 is 15.6 Å². The Bertz CT molecular complexity index is 1140. The van der Waals surface area contributed by atoms with Crippen molar-refractivity contribution in [2.24, 2.45) is 0 Å². The van der Waals surface area contributed by atoms with Crippen LogP contribution in [0.3, 0.4) is 0 Å². The van der Waals surface area contributed by atoms with Gasteiger partial charge in [0.05, 0.1) is 18.4 Å². The summed E-state index contributed by atoms with van der Waals surface area (Å²) in [6.45, 7) is 5.66. The Kier molecular flexibility index (Phi) is 5.66. The standard InChI is InChI=1S/C23H29N5O3/c1-14-17-11-18(15-9-10-19(31-4)24-12-15)21(29)28(16-7-5-6-8-16)20(17)27-22(26-14)25-13-23(2,3)30/h9-12,16,30H,5-8,13H2,1-4H3,(H,25,26,27). The number of nitrogens with zero attached hydrogens (tertiary/aromatic N) is 4. The fraction of sp³-hybridized carbons (Fsp3) is 0.478. The molecular weight excluding hydrogens is 394 g/mol. The van der Waals surface area contributed by atoms with Crippen molar-refractivity contribution in [2.45, 2.75) is 58.1 Å². The van der Waals surface area contributed by atoms with E-state index in [4.69, 9.17) is 9.72 Å². The summed E-state index contributed by atoms with van der Waals surface area (Å²) in [7, 11) is 1.56. The third kappa shape index (κ3) is 4.39. The number of hydrogen-bond acceptors (Lipinski definition) is 7. The number of aromatic nitrogens is 4. The summed E-state index contributed by atoms with van der Waals surface area (Å²) in [4.78, 5) is 27.2. The van der Waals surface area contributed by atoms with Gasteiger partial charge in [-0.05, 0) is 45.7 Å². The van der Waals surface area contributed by atoms with Crippen molar-refractivity contribution in [1.29, 1.82) is 0 Å². The minimum atomic E-state index is -0.900. The average Bonchev–Trinajstić information content (AvgIpc) is 3.26. The third-order valence-corrected chi connectivity index (χ3v) is 5.71. The first-order valence-electron chi connectivity index (χ1n) is 10.7. The lowest BCUT2D eigenvalue weighted by atomic mass is 10.1. The van der Waals surface area contributed by atoms with Crippen LogP contribution in [0.15, 0.2) is 29.2 Å². The van der Waals surface area contributed by atoms with E-state index in [1.165, 1.54) is 0 Å². The van der Waals surface area contributed by atoms with Crippen molar-refractivity contribution in [3.05, 3.63) is 40.4 Å². The number of anilines is 1. The minimum Gasteiger partial charge on any atom is -0.481 e. The number of rotatable bonds is 6. The summed E-state index contributed by atoms with van der Waals surface area (Å²) >= 11 is 0. The predicted octanol–water partition coefficient (Wildman–Crippen LogP) is 3.47. The number of fused-ring (bicyclic) bond motifs is 1. The number of aryl methyl sites for hydroxylation is 1. The van der Waals surface area contributed by atoms with Gasteiger partial charge in [-0.15, -0.1) is 0 Å². The van der Waals surface area contributed by atoms with Crippen LogP contribution in [0.2, 0.25) is 0 Å². The molecule has 1 aliphatic rings. The van der Waals surface area contributed by atoms with Gasteiger partial charge in [-0.25, -0.2) is 9.97 Å². The highest BCUT2D eigenvalue weighted by molar-refractivity contribution is 5.84. The largest absolute Gasteiger partial charge is 0.481 e. The second-order valence-corrected chi connectivity index (χ2v) is 8.80. The molecule has 3 heterocycles. The molecule has 1 fully saturated rings. The van der Waals surface area contributed by atoms with E-state index in [-0.39, 0.29) is 11.6 Å². The van der Waals surface area contributed by atoms with E-state index in [0.717, 1.165) is 42.3 Å². The van der Waals surface area contributed by atoms with E-state index in [9.17, 15) is 9.90 Å². The maximum absolute atomic E-state index is 13.6. The Hall–Kier alpha value is -3.00. The van der Waals surface area contributed by atoms with Gasteiger partial charge in [0.1, 0.15) is 5.65 Å². The minimum absolute atomic E-state index is 0.0714. The van der Waals surface area contributed by atoms with E-state index in [1.54, 1.807) is 33.2 Å². The van der Waals surface area contributed by atoms with E-state index in [2.05, 4.69) is 15.3 Å². The fourth-order valence-corrected chi connectivity index (χ4v) is 4.09. The van der Waals surface area contributed by atoms with E-state index < -0.39 is 5.60 Å². The van der Waals surface area contributed by atoms with Crippen molar-refractivity contribution in [2.75, 3.05) is 19.0 Å². The number of hydrogen-bond donors (Lipinski definition) is 2. The first-order valence-corrected chi connectivity index (χ1v) is 10.7. The molecule has 0 unspecified atom stereocenters. The van der Waals surface area contributed by atoms with E-state index >= 15 is 0 Å². The lowest BCUT2D eigenvalue weighted by Crippen LogP contribution is -2.30. The summed E-state index contributed by atoms with van der Waals surface area (Å²) in [5.74, 6) is 0.917. The molecule has 1 aliphatic carbocycles. The Morgan fingerprint density at radius 3 is 2.61 bits per heavy atom. The van der Waals surface area contributed by atoms with Crippen LogP contribution >= 0.6 is 0 Å². The van der Waals surface area contributed by atoms with E-state index in [0.29, 0.717) is 29.6 Å². The van der Waals surface area contributed by atoms with Gasteiger partial charge in [-0.2, -0.15) is 4.98 Å². The number of methoxy groups -OCH3 is 1.